The Morgan fingerprint density at radius 1 is 1.17 bits per heavy atom. The Morgan fingerprint density at radius 2 is 2.11 bits per heavy atom. The quantitative estimate of drug-likeness (QED) is 0.802. The highest BCUT2D eigenvalue weighted by Crippen LogP contribution is 2.31. The average molecular weight is 251 g/mol. The van der Waals surface area contributed by atoms with Crippen LogP contribution in [0.25, 0.3) is 0 Å². The normalized spacial score (nSPS) is 36.7. The molecule has 3 heteroatoms. The van der Waals surface area contributed by atoms with Gasteiger partial charge in [-0.05, 0) is 58.2 Å². The minimum atomic E-state index is 0.770. The summed E-state index contributed by atoms with van der Waals surface area (Å²) >= 11 is 0. The molecule has 3 aliphatic heterocycles. The minimum absolute atomic E-state index is 0.770. The molecule has 3 nitrogen and oxygen atoms in total. The molecule has 1 N–H and O–H groups in total. The van der Waals surface area contributed by atoms with Gasteiger partial charge in [0.1, 0.15) is 0 Å². The summed E-state index contributed by atoms with van der Waals surface area (Å²) in [6, 6.07) is 2.51. The van der Waals surface area contributed by atoms with Crippen LogP contribution in [-0.2, 0) is 0 Å². The van der Waals surface area contributed by atoms with E-state index in [1.807, 2.05) is 0 Å². The number of hydrogen-bond donors (Lipinski definition) is 1. The number of hydrogen-bond acceptors (Lipinski definition) is 3. The number of nitrogens with one attached hydrogen (secondary N) is 1. The van der Waals surface area contributed by atoms with Crippen LogP contribution in [0.4, 0.5) is 0 Å². The van der Waals surface area contributed by atoms with Crippen molar-refractivity contribution in [3.63, 3.8) is 0 Å². The Kier molecular flexibility index (Phi) is 4.22. The SMILES string of the molecule is CCCN(CC1CCCN1)C1CCN2CCCC12. The van der Waals surface area contributed by atoms with Crippen LogP contribution in [0.5, 0.6) is 0 Å². The van der Waals surface area contributed by atoms with Crippen molar-refractivity contribution in [3.8, 4) is 0 Å². The lowest BCUT2D eigenvalue weighted by Gasteiger charge is -2.34. The van der Waals surface area contributed by atoms with Gasteiger partial charge in [-0.25, -0.2) is 0 Å². The van der Waals surface area contributed by atoms with Gasteiger partial charge in [-0.2, -0.15) is 0 Å². The summed E-state index contributed by atoms with van der Waals surface area (Å²) < 4.78 is 0. The maximum absolute atomic E-state index is 3.67. The lowest BCUT2D eigenvalue weighted by atomic mass is 10.0. The fraction of sp³-hybridized carbons (Fsp3) is 1.00. The first-order chi connectivity index (χ1) is 8.88. The average Bonchev–Trinajstić information content (AvgIpc) is 3.05. The molecule has 0 bridgehead atoms. The molecule has 3 atom stereocenters. The molecule has 3 rings (SSSR count). The molecule has 0 aromatic carbocycles. The van der Waals surface area contributed by atoms with Crippen molar-refractivity contribution in [2.45, 2.75) is 63.6 Å². The van der Waals surface area contributed by atoms with Crippen LogP contribution in [0, 0.1) is 0 Å². The Labute approximate surface area is 112 Å². The Hall–Kier alpha value is -0.120. The van der Waals surface area contributed by atoms with Gasteiger partial charge in [-0.3, -0.25) is 9.80 Å². The van der Waals surface area contributed by atoms with Gasteiger partial charge in [0.05, 0.1) is 0 Å². The Balaban J connectivity index is 1.61. The summed E-state index contributed by atoms with van der Waals surface area (Å²) in [6.07, 6.45) is 8.37. The van der Waals surface area contributed by atoms with E-state index in [-0.39, 0.29) is 0 Å². The van der Waals surface area contributed by atoms with Crippen LogP contribution in [0.3, 0.4) is 0 Å². The second kappa shape index (κ2) is 5.89. The van der Waals surface area contributed by atoms with Crippen LogP contribution in [0.2, 0.25) is 0 Å². The maximum atomic E-state index is 3.67. The van der Waals surface area contributed by atoms with E-state index in [4.69, 9.17) is 0 Å². The van der Waals surface area contributed by atoms with Gasteiger partial charge in [0, 0.05) is 31.2 Å². The molecule has 0 aliphatic carbocycles. The molecule has 3 heterocycles. The van der Waals surface area contributed by atoms with E-state index in [9.17, 15) is 0 Å². The van der Waals surface area contributed by atoms with Crippen molar-refractivity contribution in [1.29, 1.82) is 0 Å². The van der Waals surface area contributed by atoms with Crippen LogP contribution >= 0.6 is 0 Å². The molecule has 0 aromatic rings. The standard InChI is InChI=1S/C15H29N3/c1-2-9-18(12-13-5-3-8-16-13)15-7-11-17-10-4-6-14(15)17/h13-16H,2-12H2,1H3. The first kappa shape index (κ1) is 12.9. The second-order valence-corrected chi connectivity index (χ2v) is 6.39. The maximum Gasteiger partial charge on any atom is 0.0264 e. The van der Waals surface area contributed by atoms with Crippen LogP contribution in [-0.4, -0.2) is 60.6 Å². The Bertz CT molecular complexity index is 262. The molecule has 104 valence electrons. The topological polar surface area (TPSA) is 18.5 Å². The molecular weight excluding hydrogens is 222 g/mol. The highest BCUT2D eigenvalue weighted by atomic mass is 15.3. The van der Waals surface area contributed by atoms with E-state index >= 15 is 0 Å². The molecule has 3 fully saturated rings. The highest BCUT2D eigenvalue weighted by molar-refractivity contribution is 4.97. The van der Waals surface area contributed by atoms with Gasteiger partial charge < -0.3 is 5.32 Å². The first-order valence-corrected chi connectivity index (χ1v) is 8.10. The molecule has 18 heavy (non-hydrogen) atoms. The van der Waals surface area contributed by atoms with E-state index in [1.54, 1.807) is 0 Å². The number of fused-ring (bicyclic) bond motifs is 1. The Morgan fingerprint density at radius 3 is 2.89 bits per heavy atom. The molecule has 0 spiro atoms. The summed E-state index contributed by atoms with van der Waals surface area (Å²) in [7, 11) is 0. The van der Waals surface area contributed by atoms with Crippen LogP contribution in [0.1, 0.15) is 45.4 Å². The van der Waals surface area contributed by atoms with E-state index < -0.39 is 0 Å². The van der Waals surface area contributed by atoms with Crippen molar-refractivity contribution < 1.29 is 0 Å². The molecule has 0 aromatic heterocycles. The third-order valence-electron chi connectivity index (χ3n) is 5.17. The molecular formula is C15H29N3. The van der Waals surface area contributed by atoms with Gasteiger partial charge in [-0.1, -0.05) is 6.92 Å². The summed E-state index contributed by atoms with van der Waals surface area (Å²) in [5.74, 6) is 0. The van der Waals surface area contributed by atoms with Gasteiger partial charge in [0.2, 0.25) is 0 Å². The zero-order valence-corrected chi connectivity index (χ0v) is 11.9. The van der Waals surface area contributed by atoms with Gasteiger partial charge in [0.15, 0.2) is 0 Å². The van der Waals surface area contributed by atoms with Crippen molar-refractivity contribution in [1.82, 2.24) is 15.1 Å². The lowest BCUT2D eigenvalue weighted by molar-refractivity contribution is 0.148. The van der Waals surface area contributed by atoms with Crippen LogP contribution < -0.4 is 5.32 Å². The molecule has 0 radical (unpaired) electrons. The summed E-state index contributed by atoms with van der Waals surface area (Å²) in [5, 5.41) is 3.67. The zero-order chi connectivity index (χ0) is 12.4. The monoisotopic (exact) mass is 251 g/mol. The molecule has 0 saturated carbocycles. The number of nitrogens with zero attached hydrogens (tertiary/aromatic N) is 2. The van der Waals surface area contributed by atoms with Gasteiger partial charge in [0.25, 0.3) is 0 Å². The van der Waals surface area contributed by atoms with Gasteiger partial charge in [-0.15, -0.1) is 0 Å². The number of rotatable bonds is 5. The largest absolute Gasteiger partial charge is 0.313 e. The fourth-order valence-electron chi connectivity index (χ4n) is 4.36. The van der Waals surface area contributed by atoms with E-state index in [2.05, 4.69) is 22.0 Å². The minimum Gasteiger partial charge on any atom is -0.313 e. The molecule has 3 aliphatic rings. The van der Waals surface area contributed by atoms with Gasteiger partial charge >= 0.3 is 0 Å². The second-order valence-electron chi connectivity index (χ2n) is 6.39. The van der Waals surface area contributed by atoms with E-state index in [0.717, 1.165) is 18.1 Å². The highest BCUT2D eigenvalue weighted by Gasteiger charge is 2.40. The predicted octanol–water partition coefficient (Wildman–Crippen LogP) is 1.69. The van der Waals surface area contributed by atoms with Crippen molar-refractivity contribution in [2.24, 2.45) is 0 Å². The first-order valence-electron chi connectivity index (χ1n) is 8.10. The summed E-state index contributed by atoms with van der Waals surface area (Å²) in [5.41, 5.74) is 0. The summed E-state index contributed by atoms with van der Waals surface area (Å²) in [4.78, 5) is 5.56. The van der Waals surface area contributed by atoms with Crippen molar-refractivity contribution >= 4 is 0 Å². The third-order valence-corrected chi connectivity index (χ3v) is 5.17. The van der Waals surface area contributed by atoms with E-state index in [0.29, 0.717) is 0 Å². The van der Waals surface area contributed by atoms with Crippen molar-refractivity contribution in [2.75, 3.05) is 32.7 Å². The zero-order valence-electron chi connectivity index (χ0n) is 11.9. The predicted molar refractivity (Wildman–Crippen MR) is 75.9 cm³/mol. The van der Waals surface area contributed by atoms with Crippen LogP contribution in [0.15, 0.2) is 0 Å². The van der Waals surface area contributed by atoms with Crippen molar-refractivity contribution in [3.05, 3.63) is 0 Å². The summed E-state index contributed by atoms with van der Waals surface area (Å²) in [6.45, 7) is 8.88. The third kappa shape index (κ3) is 2.59. The lowest BCUT2D eigenvalue weighted by Crippen LogP contribution is -2.48. The molecule has 0 amide bonds. The molecule has 3 saturated heterocycles. The van der Waals surface area contributed by atoms with E-state index in [1.165, 1.54) is 71.2 Å². The fourth-order valence-corrected chi connectivity index (χ4v) is 4.36. The molecule has 3 unspecified atom stereocenters. The smallest absolute Gasteiger partial charge is 0.0264 e.